The first-order chi connectivity index (χ1) is 8.79. The van der Waals surface area contributed by atoms with Crippen LogP contribution in [0.25, 0.3) is 11.4 Å². The maximum Gasteiger partial charge on any atom is 0.419 e. The number of phenolic OH excluding ortho intramolecular Hbond substituents is 1. The van der Waals surface area contributed by atoms with Crippen LogP contribution >= 0.6 is 0 Å². The minimum absolute atomic E-state index is 0.0285. The summed E-state index contributed by atoms with van der Waals surface area (Å²) in [6, 6.07) is 2.84. The van der Waals surface area contributed by atoms with Crippen molar-refractivity contribution in [2.24, 2.45) is 0 Å². The normalized spacial score (nSPS) is 13.5. The Bertz CT molecular complexity index is 593. The Morgan fingerprint density at radius 3 is 2.53 bits per heavy atom. The van der Waals surface area contributed by atoms with Crippen LogP contribution in [0.1, 0.15) is 24.5 Å². The summed E-state index contributed by atoms with van der Waals surface area (Å²) in [6.45, 7) is 1.38. The minimum atomic E-state index is -4.68. The van der Waals surface area contributed by atoms with E-state index in [4.69, 9.17) is 0 Å². The molecule has 1 atom stereocenters. The molecule has 0 radical (unpaired) electrons. The number of halogens is 3. The molecule has 0 amide bonds. The number of aromatic nitrogens is 2. The smallest absolute Gasteiger partial charge is 0.419 e. The zero-order chi connectivity index (χ0) is 14.2. The van der Waals surface area contributed by atoms with E-state index in [0.717, 1.165) is 6.07 Å². The maximum atomic E-state index is 12.6. The number of aliphatic hydroxyl groups is 1. The van der Waals surface area contributed by atoms with E-state index in [0.29, 0.717) is 6.07 Å². The second kappa shape index (κ2) is 4.54. The van der Waals surface area contributed by atoms with E-state index in [9.17, 15) is 23.4 Å². The molecule has 0 aliphatic rings. The Kier molecular flexibility index (Phi) is 3.19. The first-order valence-corrected chi connectivity index (χ1v) is 5.21. The first kappa shape index (κ1) is 13.3. The van der Waals surface area contributed by atoms with E-state index in [-0.39, 0.29) is 17.3 Å². The highest BCUT2D eigenvalue weighted by molar-refractivity contribution is 5.58. The number of hydrogen-bond acceptors (Lipinski definition) is 5. The zero-order valence-corrected chi connectivity index (χ0v) is 9.64. The molecule has 0 saturated carbocycles. The van der Waals surface area contributed by atoms with Crippen molar-refractivity contribution in [2.75, 3.05) is 0 Å². The molecule has 2 N–H and O–H groups in total. The number of benzene rings is 1. The number of hydrogen-bond donors (Lipinski definition) is 2. The lowest BCUT2D eigenvalue weighted by molar-refractivity contribution is -0.138. The van der Waals surface area contributed by atoms with E-state index in [1.807, 2.05) is 0 Å². The van der Waals surface area contributed by atoms with Crippen LogP contribution in [0.4, 0.5) is 13.2 Å². The molecule has 0 aliphatic heterocycles. The molecule has 5 nitrogen and oxygen atoms in total. The van der Waals surface area contributed by atoms with Crippen molar-refractivity contribution in [3.63, 3.8) is 0 Å². The van der Waals surface area contributed by atoms with Gasteiger partial charge in [0.1, 0.15) is 11.9 Å². The van der Waals surface area contributed by atoms with Gasteiger partial charge in [0.05, 0.1) is 5.56 Å². The van der Waals surface area contributed by atoms with Crippen molar-refractivity contribution < 1.29 is 27.9 Å². The van der Waals surface area contributed by atoms with Gasteiger partial charge >= 0.3 is 6.18 Å². The minimum Gasteiger partial charge on any atom is -0.507 e. The number of rotatable bonds is 2. The summed E-state index contributed by atoms with van der Waals surface area (Å²) in [6.07, 6.45) is -5.70. The van der Waals surface area contributed by atoms with E-state index < -0.39 is 23.6 Å². The highest BCUT2D eigenvalue weighted by atomic mass is 19.4. The quantitative estimate of drug-likeness (QED) is 0.879. The molecule has 2 aromatic rings. The molecule has 2 rings (SSSR count). The molecule has 1 aromatic heterocycles. The SMILES string of the molecule is C[C@H](O)c1nc(-c2ccc(O)c(C(F)(F)F)c2)no1. The molecule has 1 aromatic carbocycles. The van der Waals surface area contributed by atoms with Crippen LogP contribution in [0.3, 0.4) is 0 Å². The molecular formula is C11H9F3N2O3. The fourth-order valence-electron chi connectivity index (χ4n) is 1.42. The number of nitrogens with zero attached hydrogens (tertiary/aromatic N) is 2. The molecule has 19 heavy (non-hydrogen) atoms. The molecule has 0 bridgehead atoms. The summed E-state index contributed by atoms with van der Waals surface area (Å²) in [7, 11) is 0. The third-order valence-corrected chi connectivity index (χ3v) is 2.36. The highest BCUT2D eigenvalue weighted by Gasteiger charge is 2.34. The summed E-state index contributed by atoms with van der Waals surface area (Å²) in [4.78, 5) is 3.76. The number of aromatic hydroxyl groups is 1. The maximum absolute atomic E-state index is 12.6. The van der Waals surface area contributed by atoms with Gasteiger partial charge in [0.15, 0.2) is 0 Å². The largest absolute Gasteiger partial charge is 0.507 e. The Balaban J connectivity index is 2.45. The van der Waals surface area contributed by atoms with Gasteiger partial charge in [0.25, 0.3) is 5.89 Å². The molecule has 0 fully saturated rings. The van der Waals surface area contributed by atoms with E-state index in [1.165, 1.54) is 13.0 Å². The van der Waals surface area contributed by atoms with Gasteiger partial charge in [-0.25, -0.2) is 0 Å². The van der Waals surface area contributed by atoms with Gasteiger partial charge in [-0.2, -0.15) is 18.2 Å². The van der Waals surface area contributed by atoms with Crippen molar-refractivity contribution in [3.05, 3.63) is 29.7 Å². The average molecular weight is 274 g/mol. The second-order valence-electron chi connectivity index (χ2n) is 3.86. The molecule has 0 saturated heterocycles. The summed E-state index contributed by atoms with van der Waals surface area (Å²) in [5, 5.41) is 21.8. The van der Waals surface area contributed by atoms with Crippen LogP contribution in [0.15, 0.2) is 22.7 Å². The van der Waals surface area contributed by atoms with Gasteiger partial charge in [-0.15, -0.1) is 0 Å². The third kappa shape index (κ3) is 2.68. The van der Waals surface area contributed by atoms with Crippen molar-refractivity contribution in [2.45, 2.75) is 19.2 Å². The summed E-state index contributed by atoms with van der Waals surface area (Å²) in [5.74, 6) is -1.08. The van der Waals surface area contributed by atoms with Crippen molar-refractivity contribution in [3.8, 4) is 17.1 Å². The van der Waals surface area contributed by atoms with Crippen molar-refractivity contribution in [1.82, 2.24) is 10.1 Å². The number of phenols is 1. The average Bonchev–Trinajstić information content (AvgIpc) is 2.77. The molecule has 0 aliphatic carbocycles. The topological polar surface area (TPSA) is 79.4 Å². The van der Waals surface area contributed by atoms with Crippen LogP contribution < -0.4 is 0 Å². The van der Waals surface area contributed by atoms with E-state index in [2.05, 4.69) is 14.7 Å². The third-order valence-electron chi connectivity index (χ3n) is 2.36. The lowest BCUT2D eigenvalue weighted by atomic mass is 10.1. The van der Waals surface area contributed by atoms with Gasteiger partial charge in [-0.05, 0) is 25.1 Å². The second-order valence-corrected chi connectivity index (χ2v) is 3.86. The van der Waals surface area contributed by atoms with Gasteiger partial charge in [-0.3, -0.25) is 0 Å². The van der Waals surface area contributed by atoms with Crippen molar-refractivity contribution in [1.29, 1.82) is 0 Å². The zero-order valence-electron chi connectivity index (χ0n) is 9.64. The van der Waals surface area contributed by atoms with Crippen molar-refractivity contribution >= 4 is 0 Å². The Morgan fingerprint density at radius 2 is 2.00 bits per heavy atom. The summed E-state index contributed by atoms with van der Waals surface area (Å²) < 4.78 is 42.5. The van der Waals surface area contributed by atoms with Gasteiger partial charge in [-0.1, -0.05) is 5.16 Å². The fraction of sp³-hybridized carbons (Fsp3) is 0.273. The lowest BCUT2D eigenvalue weighted by Gasteiger charge is -2.09. The van der Waals surface area contributed by atoms with Crippen LogP contribution in [-0.4, -0.2) is 20.4 Å². The van der Waals surface area contributed by atoms with Gasteiger partial charge in [0, 0.05) is 5.56 Å². The van der Waals surface area contributed by atoms with Crippen LogP contribution in [0.5, 0.6) is 5.75 Å². The molecular weight excluding hydrogens is 265 g/mol. The predicted octanol–water partition coefficient (Wildman–Crippen LogP) is 2.51. The fourth-order valence-corrected chi connectivity index (χ4v) is 1.42. The predicted molar refractivity (Wildman–Crippen MR) is 57.0 cm³/mol. The van der Waals surface area contributed by atoms with Crippen LogP contribution in [-0.2, 0) is 6.18 Å². The van der Waals surface area contributed by atoms with Crippen LogP contribution in [0.2, 0.25) is 0 Å². The Labute approximate surface area is 105 Å². The molecule has 8 heteroatoms. The first-order valence-electron chi connectivity index (χ1n) is 5.21. The monoisotopic (exact) mass is 274 g/mol. The summed E-state index contributed by atoms with van der Waals surface area (Å²) >= 11 is 0. The number of aliphatic hydroxyl groups excluding tert-OH is 1. The molecule has 0 spiro atoms. The van der Waals surface area contributed by atoms with Gasteiger partial charge in [0.2, 0.25) is 5.82 Å². The molecule has 0 unspecified atom stereocenters. The standard InChI is InChI=1S/C11H9F3N2O3/c1-5(17)10-15-9(16-19-10)6-2-3-8(18)7(4-6)11(12,13)14/h2-5,17-18H,1H3/t5-/m0/s1. The molecule has 102 valence electrons. The summed E-state index contributed by atoms with van der Waals surface area (Å²) in [5.41, 5.74) is -1.16. The Morgan fingerprint density at radius 1 is 1.32 bits per heavy atom. The highest BCUT2D eigenvalue weighted by Crippen LogP contribution is 2.37. The lowest BCUT2D eigenvalue weighted by Crippen LogP contribution is -2.05. The van der Waals surface area contributed by atoms with E-state index >= 15 is 0 Å². The van der Waals surface area contributed by atoms with Crippen LogP contribution in [0, 0.1) is 0 Å². The molecule has 1 heterocycles. The Hall–Kier alpha value is -2.09. The number of alkyl halides is 3. The van der Waals surface area contributed by atoms with E-state index in [1.54, 1.807) is 0 Å². The van der Waals surface area contributed by atoms with Gasteiger partial charge < -0.3 is 14.7 Å².